The Morgan fingerprint density at radius 2 is 1.47 bits per heavy atom. The highest BCUT2D eigenvalue weighted by atomic mass is 16.3. The van der Waals surface area contributed by atoms with E-state index in [-0.39, 0.29) is 30.5 Å². The number of phenolic OH excluding ortho intramolecular Hbond substituents is 1. The van der Waals surface area contributed by atoms with Crippen LogP contribution in [0, 0.1) is 37.5 Å². The summed E-state index contributed by atoms with van der Waals surface area (Å²) in [4.78, 5) is 59.5. The smallest absolute Gasteiger partial charge is 0.260 e. The van der Waals surface area contributed by atoms with Crippen LogP contribution < -0.4 is 5.43 Å². The third kappa shape index (κ3) is 4.57. The number of hydrazine groups is 1. The number of para-hydroxylation sites is 1. The monoisotopic (exact) mass is 651 g/mol. The first-order valence-corrected chi connectivity index (χ1v) is 16.9. The van der Waals surface area contributed by atoms with Crippen LogP contribution in [0.25, 0.3) is 0 Å². The molecule has 8 nitrogen and oxygen atoms in total. The quantitative estimate of drug-likeness (QED) is 0.190. The lowest BCUT2D eigenvalue weighted by molar-refractivity contribution is -0.142. The number of likely N-dealkylation sites (tertiary alicyclic amines) is 1. The second-order valence-corrected chi connectivity index (χ2v) is 13.9. The number of imide groups is 2. The lowest BCUT2D eigenvalue weighted by Crippen LogP contribution is -2.53. The number of rotatable bonds is 6. The van der Waals surface area contributed by atoms with Gasteiger partial charge in [-0.2, -0.15) is 5.01 Å². The van der Waals surface area contributed by atoms with E-state index >= 15 is 4.79 Å². The van der Waals surface area contributed by atoms with Gasteiger partial charge in [-0.25, -0.2) is 0 Å². The van der Waals surface area contributed by atoms with E-state index in [9.17, 15) is 19.5 Å². The van der Waals surface area contributed by atoms with Crippen LogP contribution in [0.5, 0.6) is 5.75 Å². The standard InChI is InChI=1S/C41H37N3O5/c1-24-16-18-28(19-17-24)42-44-38(47)33-22-32-29(20-21-30-34(32)39(48)43(37(30)46)23-26-11-5-3-6-12-26)35(31-15-9-10-25(2)36(31)45)41(33,40(44)49)27-13-7-4-8-14-27/h3-20,30,32-35,42,45H,21-23H2,1-2H3. The third-order valence-corrected chi connectivity index (χ3v) is 11.2. The summed E-state index contributed by atoms with van der Waals surface area (Å²) in [7, 11) is 0. The van der Waals surface area contributed by atoms with Crippen LogP contribution >= 0.6 is 0 Å². The summed E-state index contributed by atoms with van der Waals surface area (Å²) >= 11 is 0. The van der Waals surface area contributed by atoms with Gasteiger partial charge in [-0.05, 0) is 61.4 Å². The van der Waals surface area contributed by atoms with Crippen LogP contribution in [0.15, 0.2) is 115 Å². The molecule has 3 fully saturated rings. The van der Waals surface area contributed by atoms with Crippen molar-refractivity contribution in [2.75, 3.05) is 5.43 Å². The Morgan fingerprint density at radius 1 is 0.776 bits per heavy atom. The molecule has 6 unspecified atom stereocenters. The number of nitrogens with zero attached hydrogens (tertiary/aromatic N) is 2. The van der Waals surface area contributed by atoms with Crippen LogP contribution in [-0.2, 0) is 31.1 Å². The molecule has 2 aliphatic carbocycles. The molecule has 0 aromatic heterocycles. The predicted octanol–water partition coefficient (Wildman–Crippen LogP) is 6.19. The van der Waals surface area contributed by atoms with Crippen molar-refractivity contribution < 1.29 is 24.3 Å². The van der Waals surface area contributed by atoms with Gasteiger partial charge in [0.2, 0.25) is 11.8 Å². The fraction of sp³-hybridized carbons (Fsp3) is 0.268. The zero-order chi connectivity index (χ0) is 34.0. The molecule has 0 bridgehead atoms. The Bertz CT molecular complexity index is 2030. The molecule has 2 aliphatic heterocycles. The molecule has 4 aromatic rings. The number of nitrogens with one attached hydrogen (secondary N) is 1. The normalized spacial score (nSPS) is 27.5. The molecule has 1 saturated carbocycles. The van der Waals surface area contributed by atoms with Gasteiger partial charge in [0.25, 0.3) is 11.8 Å². The highest BCUT2D eigenvalue weighted by Gasteiger charge is 2.70. The number of amides is 4. The van der Waals surface area contributed by atoms with E-state index in [0.717, 1.165) is 21.7 Å². The molecule has 4 aliphatic rings. The Morgan fingerprint density at radius 3 is 2.18 bits per heavy atom. The van der Waals surface area contributed by atoms with Crippen LogP contribution in [0.4, 0.5) is 5.69 Å². The molecule has 2 N–H and O–H groups in total. The minimum absolute atomic E-state index is 0.0509. The van der Waals surface area contributed by atoms with E-state index in [0.29, 0.717) is 28.8 Å². The van der Waals surface area contributed by atoms with Gasteiger partial charge in [-0.15, -0.1) is 0 Å². The van der Waals surface area contributed by atoms with Crippen LogP contribution in [0.1, 0.15) is 46.6 Å². The van der Waals surface area contributed by atoms with E-state index in [1.807, 2.05) is 123 Å². The van der Waals surface area contributed by atoms with Crippen molar-refractivity contribution in [1.82, 2.24) is 9.91 Å². The molecule has 2 heterocycles. The maximum absolute atomic E-state index is 15.2. The molecule has 246 valence electrons. The number of allylic oxidation sites excluding steroid dienone is 2. The average molecular weight is 652 g/mol. The number of aromatic hydroxyl groups is 1. The Hall–Kier alpha value is -5.50. The third-order valence-electron chi connectivity index (χ3n) is 11.2. The number of carbonyl (C=O) groups excluding carboxylic acids is 4. The Labute approximate surface area is 285 Å². The van der Waals surface area contributed by atoms with Crippen molar-refractivity contribution >= 4 is 29.3 Å². The largest absolute Gasteiger partial charge is 0.507 e. The highest BCUT2D eigenvalue weighted by Crippen LogP contribution is 2.65. The van der Waals surface area contributed by atoms with Gasteiger partial charge >= 0.3 is 0 Å². The van der Waals surface area contributed by atoms with Crippen LogP contribution in [0.3, 0.4) is 0 Å². The van der Waals surface area contributed by atoms with Gasteiger partial charge in [0.05, 0.1) is 35.4 Å². The van der Waals surface area contributed by atoms with Gasteiger partial charge in [-0.1, -0.05) is 108 Å². The number of aryl methyl sites for hydroxylation is 2. The molecule has 8 rings (SSSR count). The van der Waals surface area contributed by atoms with E-state index in [1.54, 1.807) is 0 Å². The second kappa shape index (κ2) is 11.6. The number of carbonyl (C=O) groups is 4. The van der Waals surface area contributed by atoms with Crippen molar-refractivity contribution in [2.45, 2.75) is 44.6 Å². The van der Waals surface area contributed by atoms with E-state index in [2.05, 4.69) is 5.43 Å². The maximum Gasteiger partial charge on any atom is 0.260 e. The summed E-state index contributed by atoms with van der Waals surface area (Å²) in [6.45, 7) is 3.95. The fourth-order valence-corrected chi connectivity index (χ4v) is 8.99. The zero-order valence-corrected chi connectivity index (χ0v) is 27.4. The van der Waals surface area contributed by atoms with Crippen molar-refractivity contribution in [1.29, 1.82) is 0 Å². The second-order valence-electron chi connectivity index (χ2n) is 13.9. The SMILES string of the molecule is Cc1ccc(NN2C(=O)C3CC4C(=CCC5C(=O)N(Cc6ccccc6)C(=O)C54)C(c4cccc(C)c4O)C3(c3ccccc3)C2=O)cc1. The lowest BCUT2D eigenvalue weighted by atomic mass is 9.49. The average Bonchev–Trinajstić information content (AvgIpc) is 3.48. The molecule has 0 spiro atoms. The first-order valence-electron chi connectivity index (χ1n) is 16.9. The fourth-order valence-electron chi connectivity index (χ4n) is 8.99. The minimum Gasteiger partial charge on any atom is -0.507 e. The molecular weight excluding hydrogens is 614 g/mol. The van der Waals surface area contributed by atoms with Crippen molar-refractivity contribution in [3.8, 4) is 5.75 Å². The molecule has 0 radical (unpaired) electrons. The number of benzene rings is 4. The summed E-state index contributed by atoms with van der Waals surface area (Å²) < 4.78 is 0. The molecule has 8 heteroatoms. The Balaban J connectivity index is 1.30. The first-order chi connectivity index (χ1) is 23.7. The van der Waals surface area contributed by atoms with E-state index in [4.69, 9.17) is 0 Å². The summed E-state index contributed by atoms with van der Waals surface area (Å²) in [5, 5.41) is 12.8. The Kier molecular flexibility index (Phi) is 7.28. The van der Waals surface area contributed by atoms with Crippen LogP contribution in [0.2, 0.25) is 0 Å². The van der Waals surface area contributed by atoms with Crippen LogP contribution in [-0.4, -0.2) is 38.6 Å². The topological polar surface area (TPSA) is 107 Å². The number of hydrogen-bond donors (Lipinski definition) is 2. The van der Waals surface area contributed by atoms with E-state index < -0.39 is 46.8 Å². The molecule has 6 atom stereocenters. The number of hydrogen-bond acceptors (Lipinski definition) is 6. The summed E-state index contributed by atoms with van der Waals surface area (Å²) in [6.07, 6.45) is 2.56. The van der Waals surface area contributed by atoms with Gasteiger partial charge in [-0.3, -0.25) is 29.5 Å². The number of anilines is 1. The molecule has 49 heavy (non-hydrogen) atoms. The molecule has 4 amide bonds. The maximum atomic E-state index is 15.2. The van der Waals surface area contributed by atoms with Crippen molar-refractivity contribution in [3.05, 3.63) is 143 Å². The molecular formula is C41H37N3O5. The number of fused-ring (bicyclic) bond motifs is 4. The lowest BCUT2D eigenvalue weighted by Gasteiger charge is -2.50. The van der Waals surface area contributed by atoms with E-state index in [1.165, 1.54) is 4.90 Å². The minimum atomic E-state index is -1.42. The predicted molar refractivity (Wildman–Crippen MR) is 184 cm³/mol. The molecule has 2 saturated heterocycles. The molecule has 4 aromatic carbocycles. The summed E-state index contributed by atoms with van der Waals surface area (Å²) in [5.74, 6) is -4.60. The van der Waals surface area contributed by atoms with Gasteiger partial charge < -0.3 is 5.11 Å². The summed E-state index contributed by atoms with van der Waals surface area (Å²) in [5.41, 5.74) is 6.84. The van der Waals surface area contributed by atoms with Crippen molar-refractivity contribution in [3.63, 3.8) is 0 Å². The number of phenols is 1. The first kappa shape index (κ1) is 30.8. The van der Waals surface area contributed by atoms with Crippen molar-refractivity contribution in [2.24, 2.45) is 23.7 Å². The van der Waals surface area contributed by atoms with Gasteiger partial charge in [0, 0.05) is 11.5 Å². The zero-order valence-electron chi connectivity index (χ0n) is 27.4. The summed E-state index contributed by atoms with van der Waals surface area (Å²) in [6, 6.07) is 31.8. The van der Waals surface area contributed by atoms with Gasteiger partial charge in [0.15, 0.2) is 0 Å². The van der Waals surface area contributed by atoms with Gasteiger partial charge in [0.1, 0.15) is 5.75 Å². The highest BCUT2D eigenvalue weighted by molar-refractivity contribution is 6.13.